The number of aryl methyl sites for hydroxylation is 2. The summed E-state index contributed by atoms with van der Waals surface area (Å²) in [5.74, 6) is 2.37. The van der Waals surface area contributed by atoms with Gasteiger partial charge in [-0.1, -0.05) is 68.4 Å². The molecule has 0 unspecified atom stereocenters. The molecule has 0 radical (unpaired) electrons. The van der Waals surface area contributed by atoms with E-state index in [9.17, 15) is 0 Å². The van der Waals surface area contributed by atoms with Crippen molar-refractivity contribution in [3.63, 3.8) is 0 Å². The lowest BCUT2D eigenvalue weighted by molar-refractivity contribution is -0.633. The molecule has 6 aromatic rings. The van der Waals surface area contributed by atoms with E-state index in [1.54, 1.807) is 0 Å². The second-order valence-corrected chi connectivity index (χ2v) is 9.52. The zero-order valence-corrected chi connectivity index (χ0v) is 20.0. The van der Waals surface area contributed by atoms with Gasteiger partial charge in [-0.05, 0) is 48.1 Å². The Kier molecular flexibility index (Phi) is 4.77. The number of hydrogen-bond acceptors (Lipinski definition) is 2. The summed E-state index contributed by atoms with van der Waals surface area (Å²) < 4.78 is 11.1. The molecule has 2 heterocycles. The highest BCUT2D eigenvalue weighted by atomic mass is 16.3. The van der Waals surface area contributed by atoms with Crippen LogP contribution in [0.5, 0.6) is 0 Å². The molecular weight excluding hydrogens is 418 g/mol. The molecule has 0 saturated heterocycles. The molecule has 4 aromatic carbocycles. The molecule has 168 valence electrons. The number of oxazole rings is 1. The molecule has 0 amide bonds. The van der Waals surface area contributed by atoms with Crippen LogP contribution in [-0.4, -0.2) is 9.55 Å². The monoisotopic (exact) mass is 446 g/mol. The number of hydrogen-bond donors (Lipinski definition) is 0. The number of imidazole rings is 1. The van der Waals surface area contributed by atoms with Crippen LogP contribution in [0.1, 0.15) is 25.3 Å². The number of para-hydroxylation sites is 2. The molecule has 0 fully saturated rings. The average molecular weight is 447 g/mol. The minimum absolute atomic E-state index is 0.482. The van der Waals surface area contributed by atoms with Crippen LogP contribution in [0.4, 0.5) is 0 Å². The summed E-state index contributed by atoms with van der Waals surface area (Å²) in [5, 5.41) is 2.44. The molecule has 2 aromatic heterocycles. The van der Waals surface area contributed by atoms with Gasteiger partial charge in [-0.15, -0.1) is 0 Å². The standard InChI is InChI=1S/C30H28N3O/c1-19(2)18-27-31-23-17-16-20(3)28(29(23)34-27)30-32(4)25-13-7-8-14-26(25)33(30)24-15-9-11-21-10-5-6-12-22(21)24/h5-17,19H,18H2,1-4H3/q+1. The molecule has 4 nitrogen and oxygen atoms in total. The number of nitrogens with zero attached hydrogens (tertiary/aromatic N) is 3. The van der Waals surface area contributed by atoms with Gasteiger partial charge in [-0.2, -0.15) is 4.57 Å². The van der Waals surface area contributed by atoms with Gasteiger partial charge in [-0.3, -0.25) is 0 Å². The fraction of sp³-hybridized carbons (Fsp3) is 0.200. The van der Waals surface area contributed by atoms with Gasteiger partial charge < -0.3 is 4.42 Å². The van der Waals surface area contributed by atoms with Crippen molar-refractivity contribution in [3.8, 4) is 17.1 Å². The van der Waals surface area contributed by atoms with Gasteiger partial charge in [-0.25, -0.2) is 9.55 Å². The predicted molar refractivity (Wildman–Crippen MR) is 138 cm³/mol. The van der Waals surface area contributed by atoms with E-state index < -0.39 is 0 Å². The van der Waals surface area contributed by atoms with Gasteiger partial charge in [0.1, 0.15) is 16.8 Å². The number of rotatable bonds is 4. The maximum atomic E-state index is 6.44. The summed E-state index contributed by atoms with van der Waals surface area (Å²) in [4.78, 5) is 4.83. The van der Waals surface area contributed by atoms with Crippen LogP contribution >= 0.6 is 0 Å². The third-order valence-electron chi connectivity index (χ3n) is 6.64. The van der Waals surface area contributed by atoms with E-state index in [2.05, 4.69) is 116 Å². The van der Waals surface area contributed by atoms with Crippen LogP contribution in [0.15, 0.2) is 83.3 Å². The third-order valence-corrected chi connectivity index (χ3v) is 6.64. The zero-order chi connectivity index (χ0) is 23.4. The number of benzene rings is 4. The summed E-state index contributed by atoms with van der Waals surface area (Å²) >= 11 is 0. The molecule has 0 N–H and O–H groups in total. The summed E-state index contributed by atoms with van der Waals surface area (Å²) in [5.41, 5.74) is 7.51. The topological polar surface area (TPSA) is 34.8 Å². The van der Waals surface area contributed by atoms with Crippen LogP contribution < -0.4 is 4.57 Å². The van der Waals surface area contributed by atoms with Crippen molar-refractivity contribution in [1.82, 2.24) is 9.55 Å². The van der Waals surface area contributed by atoms with Crippen molar-refractivity contribution in [2.24, 2.45) is 13.0 Å². The van der Waals surface area contributed by atoms with Gasteiger partial charge in [0, 0.05) is 11.8 Å². The molecule has 0 atom stereocenters. The van der Waals surface area contributed by atoms with Crippen LogP contribution in [0.3, 0.4) is 0 Å². The highest BCUT2D eigenvalue weighted by Crippen LogP contribution is 2.36. The van der Waals surface area contributed by atoms with Gasteiger partial charge in [0.25, 0.3) is 5.82 Å². The Morgan fingerprint density at radius 1 is 0.912 bits per heavy atom. The fourth-order valence-electron chi connectivity index (χ4n) is 5.09. The van der Waals surface area contributed by atoms with Crippen LogP contribution in [0.2, 0.25) is 0 Å². The van der Waals surface area contributed by atoms with E-state index in [0.29, 0.717) is 5.92 Å². The van der Waals surface area contributed by atoms with Crippen molar-refractivity contribution < 1.29 is 8.98 Å². The first kappa shape index (κ1) is 20.7. The Balaban J connectivity index is 1.75. The number of fused-ring (bicyclic) bond motifs is 3. The summed E-state index contributed by atoms with van der Waals surface area (Å²) in [7, 11) is 2.14. The minimum Gasteiger partial charge on any atom is -0.440 e. The Bertz CT molecular complexity index is 1680. The molecule has 34 heavy (non-hydrogen) atoms. The number of aromatic nitrogens is 3. The van der Waals surface area contributed by atoms with Crippen molar-refractivity contribution >= 4 is 32.9 Å². The fourth-order valence-corrected chi connectivity index (χ4v) is 5.09. The molecule has 0 aliphatic heterocycles. The normalized spacial score (nSPS) is 11.9. The average Bonchev–Trinajstić information content (AvgIpc) is 3.36. The first-order valence-electron chi connectivity index (χ1n) is 11.9. The summed E-state index contributed by atoms with van der Waals surface area (Å²) in [6, 6.07) is 27.9. The molecule has 0 aliphatic rings. The molecule has 0 spiro atoms. The van der Waals surface area contributed by atoms with Gasteiger partial charge >= 0.3 is 0 Å². The Morgan fingerprint density at radius 2 is 1.68 bits per heavy atom. The van der Waals surface area contributed by atoms with Gasteiger partial charge in [0.15, 0.2) is 22.5 Å². The highest BCUT2D eigenvalue weighted by Gasteiger charge is 2.31. The second kappa shape index (κ2) is 7.84. The third kappa shape index (κ3) is 3.13. The van der Waals surface area contributed by atoms with Crippen LogP contribution in [0, 0.1) is 12.8 Å². The lowest BCUT2D eigenvalue weighted by Gasteiger charge is -2.09. The van der Waals surface area contributed by atoms with Gasteiger partial charge in [0.2, 0.25) is 0 Å². The van der Waals surface area contributed by atoms with E-state index in [4.69, 9.17) is 9.40 Å². The first-order valence-corrected chi connectivity index (χ1v) is 11.9. The van der Waals surface area contributed by atoms with E-state index >= 15 is 0 Å². The molecule has 6 rings (SSSR count). The minimum atomic E-state index is 0.482. The van der Waals surface area contributed by atoms with Crippen molar-refractivity contribution in [2.45, 2.75) is 27.2 Å². The van der Waals surface area contributed by atoms with E-state index in [1.165, 1.54) is 21.9 Å². The van der Waals surface area contributed by atoms with E-state index in [-0.39, 0.29) is 0 Å². The molecule has 0 bridgehead atoms. The maximum absolute atomic E-state index is 6.44. The smallest absolute Gasteiger partial charge is 0.299 e. The highest BCUT2D eigenvalue weighted by molar-refractivity contribution is 5.96. The van der Waals surface area contributed by atoms with Crippen molar-refractivity contribution in [3.05, 3.63) is 90.3 Å². The lowest BCUT2D eigenvalue weighted by Crippen LogP contribution is -2.30. The summed E-state index contributed by atoms with van der Waals surface area (Å²) in [6.07, 6.45) is 0.825. The van der Waals surface area contributed by atoms with Crippen molar-refractivity contribution in [2.75, 3.05) is 0 Å². The SMILES string of the molecule is Cc1ccc2nc(CC(C)C)oc2c1-c1n(-c2cccc3ccccc23)c2ccccc2[n+]1C. The zero-order valence-electron chi connectivity index (χ0n) is 20.0. The van der Waals surface area contributed by atoms with E-state index in [0.717, 1.165) is 46.0 Å². The van der Waals surface area contributed by atoms with Crippen LogP contribution in [0.25, 0.3) is 50.0 Å². The quantitative estimate of drug-likeness (QED) is 0.275. The molecule has 4 heteroatoms. The Labute approximate surface area is 199 Å². The molecule has 0 saturated carbocycles. The van der Waals surface area contributed by atoms with Crippen molar-refractivity contribution in [1.29, 1.82) is 0 Å². The maximum Gasteiger partial charge on any atom is 0.299 e. The van der Waals surface area contributed by atoms with Crippen LogP contribution in [-0.2, 0) is 13.5 Å². The first-order chi connectivity index (χ1) is 16.5. The summed E-state index contributed by atoms with van der Waals surface area (Å²) in [6.45, 7) is 6.54. The Hall–Kier alpha value is -3.92. The molecular formula is C30H28N3O+. The molecule has 0 aliphatic carbocycles. The lowest BCUT2D eigenvalue weighted by atomic mass is 10.1. The Morgan fingerprint density at radius 3 is 2.53 bits per heavy atom. The second-order valence-electron chi connectivity index (χ2n) is 9.52. The largest absolute Gasteiger partial charge is 0.440 e. The van der Waals surface area contributed by atoms with Gasteiger partial charge in [0.05, 0.1) is 7.05 Å². The van der Waals surface area contributed by atoms with E-state index in [1.807, 2.05) is 0 Å². The predicted octanol–water partition coefficient (Wildman–Crippen LogP) is 6.92.